The number of aryl methyl sites for hydroxylation is 1. The van der Waals surface area contributed by atoms with Crippen LogP contribution in [0.2, 0.25) is 0 Å². The first-order valence-corrected chi connectivity index (χ1v) is 9.74. The highest BCUT2D eigenvalue weighted by Crippen LogP contribution is 2.30. The summed E-state index contributed by atoms with van der Waals surface area (Å²) in [4.78, 5) is 11.8. The molecule has 4 nitrogen and oxygen atoms in total. The molecule has 0 aromatic carbocycles. The summed E-state index contributed by atoms with van der Waals surface area (Å²) >= 11 is 1.99. The molecule has 4 rings (SSSR count). The van der Waals surface area contributed by atoms with Gasteiger partial charge >= 0.3 is 0 Å². The van der Waals surface area contributed by atoms with Gasteiger partial charge in [0, 0.05) is 50.2 Å². The van der Waals surface area contributed by atoms with Crippen molar-refractivity contribution in [3.63, 3.8) is 0 Å². The van der Waals surface area contributed by atoms with Crippen molar-refractivity contribution in [2.45, 2.75) is 45.2 Å². The summed E-state index contributed by atoms with van der Waals surface area (Å²) in [5.74, 6) is 0.852. The SMILES string of the molecule is CC1CCc2nc(CN3CCC(N4CCNCC4)C3)sc2C1.Cl. The highest BCUT2D eigenvalue weighted by molar-refractivity contribution is 7.11. The second kappa shape index (κ2) is 7.79. The molecule has 2 aliphatic heterocycles. The zero-order chi connectivity index (χ0) is 14.9. The van der Waals surface area contributed by atoms with E-state index in [0.717, 1.165) is 31.6 Å². The van der Waals surface area contributed by atoms with Crippen molar-refractivity contribution in [1.82, 2.24) is 20.1 Å². The van der Waals surface area contributed by atoms with E-state index in [1.165, 1.54) is 62.6 Å². The zero-order valence-corrected chi connectivity index (χ0v) is 15.7. The summed E-state index contributed by atoms with van der Waals surface area (Å²) in [7, 11) is 0. The Labute approximate surface area is 150 Å². The third-order valence-corrected chi connectivity index (χ3v) is 6.61. The molecule has 1 aliphatic carbocycles. The molecule has 0 saturated carbocycles. The van der Waals surface area contributed by atoms with Crippen LogP contribution in [0.1, 0.15) is 35.3 Å². The Morgan fingerprint density at radius 2 is 2.04 bits per heavy atom. The van der Waals surface area contributed by atoms with Gasteiger partial charge in [-0.15, -0.1) is 23.7 Å². The maximum Gasteiger partial charge on any atom is 0.107 e. The predicted octanol–water partition coefficient (Wildman–Crippen LogP) is 2.17. The van der Waals surface area contributed by atoms with E-state index in [2.05, 4.69) is 22.0 Å². The average Bonchev–Trinajstić information content (AvgIpc) is 3.14. The second-order valence-electron chi connectivity index (χ2n) is 7.29. The minimum atomic E-state index is 0. The van der Waals surface area contributed by atoms with Crippen LogP contribution in [0.15, 0.2) is 0 Å². The van der Waals surface area contributed by atoms with Crippen LogP contribution in [0.4, 0.5) is 0 Å². The van der Waals surface area contributed by atoms with Crippen molar-refractivity contribution in [1.29, 1.82) is 0 Å². The molecule has 3 aliphatic rings. The third kappa shape index (κ3) is 4.07. The number of nitrogens with zero attached hydrogens (tertiary/aromatic N) is 3. The van der Waals surface area contributed by atoms with E-state index in [0.29, 0.717) is 0 Å². The molecule has 1 aromatic rings. The van der Waals surface area contributed by atoms with Crippen LogP contribution < -0.4 is 5.32 Å². The highest BCUT2D eigenvalue weighted by atomic mass is 35.5. The molecule has 1 N–H and O–H groups in total. The largest absolute Gasteiger partial charge is 0.314 e. The lowest BCUT2D eigenvalue weighted by molar-refractivity contribution is 0.170. The normalized spacial score (nSPS) is 29.3. The zero-order valence-electron chi connectivity index (χ0n) is 14.1. The number of thiazole rings is 1. The summed E-state index contributed by atoms with van der Waals surface area (Å²) < 4.78 is 0. The van der Waals surface area contributed by atoms with E-state index in [1.54, 1.807) is 4.88 Å². The maximum absolute atomic E-state index is 4.94. The third-order valence-electron chi connectivity index (χ3n) is 5.50. The van der Waals surface area contributed by atoms with Gasteiger partial charge in [0.15, 0.2) is 0 Å². The fourth-order valence-corrected chi connectivity index (χ4v) is 5.47. The van der Waals surface area contributed by atoms with Crippen molar-refractivity contribution in [2.75, 3.05) is 39.3 Å². The van der Waals surface area contributed by atoms with Crippen LogP contribution in [0.5, 0.6) is 0 Å². The van der Waals surface area contributed by atoms with Crippen LogP contribution in [0, 0.1) is 5.92 Å². The first-order chi connectivity index (χ1) is 10.8. The average molecular weight is 357 g/mol. The number of nitrogens with one attached hydrogen (secondary N) is 1. The van der Waals surface area contributed by atoms with Crippen LogP contribution in [0.25, 0.3) is 0 Å². The molecule has 0 radical (unpaired) electrons. The molecule has 6 heteroatoms. The fraction of sp³-hybridized carbons (Fsp3) is 0.824. The summed E-state index contributed by atoms with van der Waals surface area (Å²) in [6.45, 7) is 10.7. The van der Waals surface area contributed by atoms with Crippen LogP contribution in [-0.2, 0) is 19.4 Å². The van der Waals surface area contributed by atoms with Gasteiger partial charge in [-0.1, -0.05) is 6.92 Å². The quantitative estimate of drug-likeness (QED) is 0.899. The Kier molecular flexibility index (Phi) is 5.97. The first-order valence-electron chi connectivity index (χ1n) is 8.92. The lowest BCUT2D eigenvalue weighted by atomic mass is 9.93. The molecule has 0 bridgehead atoms. The fourth-order valence-electron chi connectivity index (χ4n) is 4.15. The van der Waals surface area contributed by atoms with Crippen molar-refractivity contribution in [3.8, 4) is 0 Å². The summed E-state index contributed by atoms with van der Waals surface area (Å²) in [5, 5.41) is 4.82. The van der Waals surface area contributed by atoms with Crippen LogP contribution >= 0.6 is 23.7 Å². The molecular weight excluding hydrogens is 328 g/mol. The molecule has 1 aromatic heterocycles. The van der Waals surface area contributed by atoms with Gasteiger partial charge in [0.2, 0.25) is 0 Å². The molecule has 0 spiro atoms. The van der Waals surface area contributed by atoms with E-state index in [4.69, 9.17) is 4.98 Å². The van der Waals surface area contributed by atoms with Crippen molar-refractivity contribution in [2.24, 2.45) is 5.92 Å². The minimum Gasteiger partial charge on any atom is -0.314 e. The van der Waals surface area contributed by atoms with E-state index in [9.17, 15) is 0 Å². The second-order valence-corrected chi connectivity index (χ2v) is 8.46. The molecular formula is C17H29ClN4S. The Morgan fingerprint density at radius 1 is 1.22 bits per heavy atom. The van der Waals surface area contributed by atoms with Crippen LogP contribution in [-0.4, -0.2) is 60.1 Å². The molecule has 2 atom stereocenters. The van der Waals surface area contributed by atoms with Gasteiger partial charge < -0.3 is 5.32 Å². The summed E-state index contributed by atoms with van der Waals surface area (Å²) in [6.07, 6.45) is 5.12. The van der Waals surface area contributed by atoms with E-state index in [-0.39, 0.29) is 12.4 Å². The lowest BCUT2D eigenvalue weighted by Crippen LogP contribution is -2.49. The number of aromatic nitrogens is 1. The molecule has 0 amide bonds. The maximum atomic E-state index is 4.94. The molecule has 2 saturated heterocycles. The number of halogens is 1. The predicted molar refractivity (Wildman–Crippen MR) is 98.7 cm³/mol. The standard InChI is InChI=1S/C17H28N4S.ClH/c1-13-2-3-15-16(10-13)22-17(19-15)12-20-7-4-14(11-20)21-8-5-18-6-9-21;/h13-14,18H,2-12H2,1H3;1H. The van der Waals surface area contributed by atoms with Gasteiger partial charge in [0.25, 0.3) is 0 Å². The molecule has 130 valence electrons. The summed E-state index contributed by atoms with van der Waals surface area (Å²) in [5.41, 5.74) is 1.41. The molecule has 2 fully saturated rings. The summed E-state index contributed by atoms with van der Waals surface area (Å²) in [6, 6.07) is 0.775. The van der Waals surface area contributed by atoms with Gasteiger partial charge in [-0.05, 0) is 31.6 Å². The number of likely N-dealkylation sites (tertiary alicyclic amines) is 1. The van der Waals surface area contributed by atoms with Gasteiger partial charge in [-0.25, -0.2) is 4.98 Å². The number of fused-ring (bicyclic) bond motifs is 1. The minimum absolute atomic E-state index is 0. The monoisotopic (exact) mass is 356 g/mol. The van der Waals surface area contributed by atoms with E-state index >= 15 is 0 Å². The van der Waals surface area contributed by atoms with Crippen molar-refractivity contribution >= 4 is 23.7 Å². The topological polar surface area (TPSA) is 31.4 Å². The Hall–Kier alpha value is -0.200. The van der Waals surface area contributed by atoms with Crippen molar-refractivity contribution in [3.05, 3.63) is 15.6 Å². The van der Waals surface area contributed by atoms with Gasteiger partial charge in [-0.2, -0.15) is 0 Å². The highest BCUT2D eigenvalue weighted by Gasteiger charge is 2.29. The number of hydrogen-bond donors (Lipinski definition) is 1. The van der Waals surface area contributed by atoms with E-state index in [1.807, 2.05) is 11.3 Å². The van der Waals surface area contributed by atoms with Gasteiger partial charge in [0.05, 0.1) is 12.2 Å². The van der Waals surface area contributed by atoms with Crippen LogP contribution in [0.3, 0.4) is 0 Å². The van der Waals surface area contributed by atoms with Gasteiger partial charge in [0.1, 0.15) is 5.01 Å². The molecule has 23 heavy (non-hydrogen) atoms. The number of hydrogen-bond acceptors (Lipinski definition) is 5. The Balaban J connectivity index is 0.00000156. The number of rotatable bonds is 3. The smallest absolute Gasteiger partial charge is 0.107 e. The van der Waals surface area contributed by atoms with Gasteiger partial charge in [-0.3, -0.25) is 9.80 Å². The van der Waals surface area contributed by atoms with Crippen molar-refractivity contribution < 1.29 is 0 Å². The molecule has 2 unspecified atom stereocenters. The number of piperazine rings is 1. The first kappa shape index (κ1) is 17.6. The molecule has 3 heterocycles. The Bertz CT molecular complexity index is 515. The Morgan fingerprint density at radius 3 is 2.87 bits per heavy atom. The lowest BCUT2D eigenvalue weighted by Gasteiger charge is -2.32. The van der Waals surface area contributed by atoms with E-state index < -0.39 is 0 Å².